The molecule has 5 aromatic carbocycles. The molecular formula is C46H47N5O10. The second kappa shape index (κ2) is 22.0. The molecule has 15 nitrogen and oxygen atoms in total. The minimum atomic E-state index is -1.49. The van der Waals surface area contributed by atoms with Gasteiger partial charge in [0.25, 0.3) is 0 Å². The molecule has 8 N–H and O–H groups in total. The number of phenols is 1. The van der Waals surface area contributed by atoms with E-state index in [0.717, 1.165) is 21.9 Å². The number of hydrogen-bond acceptors (Lipinski definition) is 8. The number of aromatic hydroxyl groups is 1. The van der Waals surface area contributed by atoms with Crippen molar-refractivity contribution < 1.29 is 48.9 Å². The molecule has 0 aromatic heterocycles. The average Bonchev–Trinajstić information content (AvgIpc) is 3.24. The molecule has 0 heterocycles. The van der Waals surface area contributed by atoms with Crippen molar-refractivity contribution in [2.75, 3.05) is 6.54 Å². The summed E-state index contributed by atoms with van der Waals surface area (Å²) in [5.74, 6) is -6.38. The van der Waals surface area contributed by atoms with E-state index in [1.807, 2.05) is 60.7 Å². The zero-order valence-corrected chi connectivity index (χ0v) is 33.1. The van der Waals surface area contributed by atoms with Gasteiger partial charge in [-0.05, 0) is 51.6 Å². The van der Waals surface area contributed by atoms with E-state index < -0.39 is 85.0 Å². The second-order valence-corrected chi connectivity index (χ2v) is 14.5. The first kappa shape index (κ1) is 44.6. The highest BCUT2D eigenvalue weighted by Gasteiger charge is 2.30. The van der Waals surface area contributed by atoms with Crippen LogP contribution in [0.5, 0.6) is 5.75 Å². The van der Waals surface area contributed by atoms with Crippen LogP contribution < -0.4 is 26.6 Å². The summed E-state index contributed by atoms with van der Waals surface area (Å²) < 4.78 is 0. The number of amides is 5. The van der Waals surface area contributed by atoms with E-state index in [4.69, 9.17) is 0 Å². The predicted octanol–water partition coefficient (Wildman–Crippen LogP) is 2.82. The van der Waals surface area contributed by atoms with Crippen LogP contribution in [-0.2, 0) is 59.2 Å². The number of carbonyl (C=O) groups excluding carboxylic acids is 5. The highest BCUT2D eigenvalue weighted by molar-refractivity contribution is 5.95. The lowest BCUT2D eigenvalue weighted by atomic mass is 10.0. The topological polar surface area (TPSA) is 240 Å². The van der Waals surface area contributed by atoms with Crippen LogP contribution in [0.25, 0.3) is 10.8 Å². The van der Waals surface area contributed by atoms with E-state index in [2.05, 4.69) is 26.6 Å². The number of carboxylic acid groups (broad SMARTS) is 2. The maximum atomic E-state index is 14.0. The summed E-state index contributed by atoms with van der Waals surface area (Å²) in [5.41, 5.74) is 2.66. The third-order valence-corrected chi connectivity index (χ3v) is 9.74. The molecule has 0 spiro atoms. The Morgan fingerprint density at radius 3 is 1.57 bits per heavy atom. The Balaban J connectivity index is 1.27. The van der Waals surface area contributed by atoms with Gasteiger partial charge in [-0.25, -0.2) is 4.79 Å². The van der Waals surface area contributed by atoms with Crippen molar-refractivity contribution in [2.24, 2.45) is 0 Å². The third-order valence-electron chi connectivity index (χ3n) is 9.74. The van der Waals surface area contributed by atoms with Crippen LogP contribution in [0.3, 0.4) is 0 Å². The number of carbonyl (C=O) groups is 7. The van der Waals surface area contributed by atoms with Crippen LogP contribution in [0.15, 0.2) is 127 Å². The molecule has 0 bridgehead atoms. The molecule has 0 unspecified atom stereocenters. The average molecular weight is 830 g/mol. The lowest BCUT2D eigenvalue weighted by Gasteiger charge is -2.24. The summed E-state index contributed by atoms with van der Waals surface area (Å²) in [5, 5.41) is 43.4. The molecule has 5 rings (SSSR count). The number of benzene rings is 5. The van der Waals surface area contributed by atoms with Crippen molar-refractivity contribution in [3.05, 3.63) is 150 Å². The fourth-order valence-corrected chi connectivity index (χ4v) is 6.58. The molecule has 0 aliphatic rings. The number of carboxylic acids is 2. The Labute approximate surface area is 351 Å². The fraction of sp³-hybridized carbons (Fsp3) is 0.239. The summed E-state index contributed by atoms with van der Waals surface area (Å²) in [4.78, 5) is 91.1. The largest absolute Gasteiger partial charge is 0.508 e. The van der Waals surface area contributed by atoms with Crippen molar-refractivity contribution in [3.8, 4) is 5.75 Å². The zero-order chi connectivity index (χ0) is 43.7. The van der Waals surface area contributed by atoms with Crippen molar-refractivity contribution in [3.63, 3.8) is 0 Å². The minimum Gasteiger partial charge on any atom is -0.508 e. The summed E-state index contributed by atoms with van der Waals surface area (Å²) in [7, 11) is 0. The molecule has 0 aliphatic carbocycles. The lowest BCUT2D eigenvalue weighted by molar-refractivity contribution is -0.143. The zero-order valence-electron chi connectivity index (χ0n) is 33.1. The molecule has 0 fully saturated rings. The van der Waals surface area contributed by atoms with Crippen LogP contribution >= 0.6 is 0 Å². The Kier molecular flexibility index (Phi) is 16.1. The molecular weight excluding hydrogens is 783 g/mol. The number of phenolic OH excluding ortho intramolecular Hbond substituents is 1. The van der Waals surface area contributed by atoms with Gasteiger partial charge >= 0.3 is 11.9 Å². The SMILES string of the molecule is O=C(O)CC[C@H](NC(=O)CNC(=O)[C@H](Cc1ccccc1)NC(=O)[C@H](Cc1ccccc1)NC(=O)Cc1ccc2ccccc2c1)C(=O)N[C@@H](Cc1ccc(O)cc1)C(=O)O. The molecule has 0 saturated heterocycles. The first-order valence-corrected chi connectivity index (χ1v) is 19.6. The highest BCUT2D eigenvalue weighted by atomic mass is 16.4. The van der Waals surface area contributed by atoms with Gasteiger partial charge in [0, 0.05) is 25.7 Å². The molecule has 5 amide bonds. The second-order valence-electron chi connectivity index (χ2n) is 14.5. The number of nitrogens with one attached hydrogen (secondary N) is 5. The Morgan fingerprint density at radius 1 is 0.475 bits per heavy atom. The predicted molar refractivity (Wildman–Crippen MR) is 225 cm³/mol. The first-order valence-electron chi connectivity index (χ1n) is 19.6. The van der Waals surface area contributed by atoms with Crippen molar-refractivity contribution in [1.29, 1.82) is 0 Å². The highest BCUT2D eigenvalue weighted by Crippen LogP contribution is 2.17. The quantitative estimate of drug-likeness (QED) is 0.0538. The van der Waals surface area contributed by atoms with Crippen LogP contribution in [0, 0.1) is 0 Å². The van der Waals surface area contributed by atoms with Crippen LogP contribution in [0.2, 0.25) is 0 Å². The normalized spacial score (nSPS) is 12.8. The maximum Gasteiger partial charge on any atom is 0.326 e. The van der Waals surface area contributed by atoms with E-state index in [1.54, 1.807) is 42.5 Å². The molecule has 316 valence electrons. The van der Waals surface area contributed by atoms with Gasteiger partial charge in [-0.15, -0.1) is 0 Å². The van der Waals surface area contributed by atoms with Gasteiger partial charge in [0.1, 0.15) is 29.9 Å². The molecule has 4 atom stereocenters. The van der Waals surface area contributed by atoms with Crippen molar-refractivity contribution in [2.45, 2.75) is 62.7 Å². The molecule has 61 heavy (non-hydrogen) atoms. The van der Waals surface area contributed by atoms with Crippen molar-refractivity contribution >= 4 is 52.2 Å². The van der Waals surface area contributed by atoms with Gasteiger partial charge < -0.3 is 41.9 Å². The Bertz CT molecular complexity index is 2320. The molecule has 0 aliphatic heterocycles. The molecule has 15 heteroatoms. The van der Waals surface area contributed by atoms with E-state index in [9.17, 15) is 48.9 Å². The summed E-state index contributed by atoms with van der Waals surface area (Å²) in [6.07, 6.45) is -1.01. The van der Waals surface area contributed by atoms with Gasteiger partial charge in [-0.2, -0.15) is 0 Å². The van der Waals surface area contributed by atoms with Crippen molar-refractivity contribution in [1.82, 2.24) is 26.6 Å². The van der Waals surface area contributed by atoms with E-state index >= 15 is 0 Å². The minimum absolute atomic E-state index is 0.00434. The Morgan fingerprint density at radius 2 is 0.967 bits per heavy atom. The molecule has 5 aromatic rings. The van der Waals surface area contributed by atoms with Gasteiger partial charge in [-0.3, -0.25) is 28.8 Å². The van der Waals surface area contributed by atoms with Gasteiger partial charge in [0.2, 0.25) is 29.5 Å². The van der Waals surface area contributed by atoms with Crippen LogP contribution in [0.4, 0.5) is 0 Å². The first-order chi connectivity index (χ1) is 29.3. The lowest BCUT2D eigenvalue weighted by Crippen LogP contribution is -2.57. The number of aliphatic carboxylic acids is 2. The molecule has 0 radical (unpaired) electrons. The summed E-state index contributed by atoms with van der Waals surface area (Å²) in [6.45, 7) is -0.692. The van der Waals surface area contributed by atoms with E-state index in [0.29, 0.717) is 11.1 Å². The summed E-state index contributed by atoms with van der Waals surface area (Å²) >= 11 is 0. The van der Waals surface area contributed by atoms with Gasteiger partial charge in [0.05, 0.1) is 13.0 Å². The number of fused-ring (bicyclic) bond motifs is 1. The van der Waals surface area contributed by atoms with Crippen LogP contribution in [0.1, 0.15) is 35.1 Å². The fourth-order valence-electron chi connectivity index (χ4n) is 6.58. The van der Waals surface area contributed by atoms with Crippen LogP contribution in [-0.4, -0.2) is 87.5 Å². The molecule has 0 saturated carbocycles. The standard InChI is InChI=1S/C46H47N5O10/c52-35-19-16-31(17-20-35)26-39(46(60)61)51-44(58)36(21-22-42(55)56)48-41(54)28-47-43(57)37(24-29-9-3-1-4-10-29)50-45(59)38(25-30-11-5-2-6-12-30)49-40(53)27-32-15-18-33-13-7-8-14-34(33)23-32/h1-20,23,36-39,52H,21-22,24-28H2,(H,47,57)(H,48,54)(H,49,53)(H,50,59)(H,51,58)(H,55,56)(H,60,61)/t36-,37-,38-,39-/m0/s1. The number of hydrogen-bond donors (Lipinski definition) is 8. The Hall–Kier alpha value is -7.55. The van der Waals surface area contributed by atoms with E-state index in [1.165, 1.54) is 24.3 Å². The van der Waals surface area contributed by atoms with E-state index in [-0.39, 0.29) is 31.4 Å². The maximum absolute atomic E-state index is 14.0. The smallest absolute Gasteiger partial charge is 0.326 e. The number of rotatable bonds is 21. The van der Waals surface area contributed by atoms with Gasteiger partial charge in [0.15, 0.2) is 0 Å². The monoisotopic (exact) mass is 829 g/mol. The van der Waals surface area contributed by atoms with Gasteiger partial charge in [-0.1, -0.05) is 115 Å². The summed E-state index contributed by atoms with van der Waals surface area (Å²) in [6, 6.07) is 31.6. The third kappa shape index (κ3) is 14.4.